The number of hydrogen-bond acceptors (Lipinski definition) is 7. The van der Waals surface area contributed by atoms with Gasteiger partial charge in [-0.2, -0.15) is 4.98 Å². The Hall–Kier alpha value is -2.51. The minimum absolute atomic E-state index is 0.359. The maximum absolute atomic E-state index is 13.8. The molecule has 0 bridgehead atoms. The van der Waals surface area contributed by atoms with E-state index in [0.29, 0.717) is 24.9 Å². The Morgan fingerprint density at radius 3 is 2.61 bits per heavy atom. The number of nitrogens with zero attached hydrogens (tertiary/aromatic N) is 6. The summed E-state index contributed by atoms with van der Waals surface area (Å²) in [5.41, 5.74) is 0.926. The van der Waals surface area contributed by atoms with Gasteiger partial charge in [0.05, 0.1) is 6.20 Å². The van der Waals surface area contributed by atoms with Crippen LogP contribution in [0.3, 0.4) is 0 Å². The topological polar surface area (TPSA) is 70.1 Å². The van der Waals surface area contributed by atoms with E-state index in [1.54, 1.807) is 0 Å². The van der Waals surface area contributed by atoms with Gasteiger partial charge in [0.25, 0.3) is 0 Å². The summed E-state index contributed by atoms with van der Waals surface area (Å²) in [6.07, 6.45) is 2.57. The van der Waals surface area contributed by atoms with E-state index in [-0.39, 0.29) is 5.82 Å². The molecule has 1 aliphatic rings. The van der Waals surface area contributed by atoms with Crippen LogP contribution in [0, 0.1) is 12.7 Å². The molecule has 8 heteroatoms. The number of halogens is 1. The summed E-state index contributed by atoms with van der Waals surface area (Å²) in [4.78, 5) is 20.8. The van der Waals surface area contributed by atoms with Crippen molar-refractivity contribution in [3.63, 3.8) is 0 Å². The van der Waals surface area contributed by atoms with Gasteiger partial charge in [0.2, 0.25) is 5.95 Å². The molecule has 23 heavy (non-hydrogen) atoms. The first kappa shape index (κ1) is 15.4. The molecule has 0 radical (unpaired) electrons. The second kappa shape index (κ2) is 6.72. The largest absolute Gasteiger partial charge is 0.370 e. The van der Waals surface area contributed by atoms with Gasteiger partial charge in [-0.25, -0.2) is 19.3 Å². The molecule has 3 heterocycles. The van der Waals surface area contributed by atoms with Crippen LogP contribution in [-0.4, -0.2) is 52.7 Å². The fourth-order valence-corrected chi connectivity index (χ4v) is 2.62. The molecule has 1 aliphatic heterocycles. The van der Waals surface area contributed by atoms with E-state index < -0.39 is 0 Å². The van der Waals surface area contributed by atoms with Crippen LogP contribution in [0.2, 0.25) is 0 Å². The van der Waals surface area contributed by atoms with Gasteiger partial charge < -0.3 is 15.1 Å². The molecule has 0 unspecified atom stereocenters. The third-order valence-electron chi connectivity index (χ3n) is 3.71. The Labute approximate surface area is 134 Å². The molecule has 7 nitrogen and oxygen atoms in total. The average molecular weight is 317 g/mol. The Bertz CT molecular complexity index is 671. The summed E-state index contributed by atoms with van der Waals surface area (Å²) < 4.78 is 13.8. The molecule has 0 atom stereocenters. The fraction of sp³-hybridized carbons (Fsp3) is 0.467. The lowest BCUT2D eigenvalue weighted by atomic mass is 10.3. The smallest absolute Gasteiger partial charge is 0.227 e. The van der Waals surface area contributed by atoms with Gasteiger partial charge in [-0.3, -0.25) is 0 Å². The van der Waals surface area contributed by atoms with Crippen LogP contribution in [0.25, 0.3) is 0 Å². The quantitative estimate of drug-likeness (QED) is 0.915. The first-order valence-electron chi connectivity index (χ1n) is 7.72. The lowest BCUT2D eigenvalue weighted by Gasteiger charge is -2.35. The van der Waals surface area contributed by atoms with Gasteiger partial charge in [-0.05, 0) is 13.8 Å². The molecular weight excluding hydrogens is 297 g/mol. The molecule has 1 saturated heterocycles. The van der Waals surface area contributed by atoms with E-state index in [1.807, 2.05) is 24.8 Å². The zero-order chi connectivity index (χ0) is 16.2. The molecule has 0 amide bonds. The molecule has 0 aromatic carbocycles. The standard InChI is InChI=1S/C15H20FN7/c1-3-18-13-8-11(2)20-15(21-13)23-6-4-22(5-7-23)14-12(16)9-17-10-19-14/h8-10H,3-7H2,1-2H3,(H,18,20,21). The highest BCUT2D eigenvalue weighted by molar-refractivity contribution is 5.46. The maximum Gasteiger partial charge on any atom is 0.227 e. The van der Waals surface area contributed by atoms with Crippen LogP contribution in [0.5, 0.6) is 0 Å². The molecule has 0 saturated carbocycles. The van der Waals surface area contributed by atoms with Crippen molar-refractivity contribution >= 4 is 17.6 Å². The molecule has 0 spiro atoms. The summed E-state index contributed by atoms with van der Waals surface area (Å²) in [5, 5.41) is 3.22. The highest BCUT2D eigenvalue weighted by Gasteiger charge is 2.22. The Morgan fingerprint density at radius 1 is 1.17 bits per heavy atom. The SMILES string of the molecule is CCNc1cc(C)nc(N2CCN(c3ncncc3F)CC2)n1. The Kier molecular flexibility index (Phi) is 4.50. The summed E-state index contributed by atoms with van der Waals surface area (Å²) in [5.74, 6) is 1.52. The molecule has 0 aliphatic carbocycles. The lowest BCUT2D eigenvalue weighted by molar-refractivity contribution is 0.579. The van der Waals surface area contributed by atoms with E-state index in [9.17, 15) is 4.39 Å². The van der Waals surface area contributed by atoms with Crippen LogP contribution >= 0.6 is 0 Å². The molecule has 2 aromatic heterocycles. The highest BCUT2D eigenvalue weighted by atomic mass is 19.1. The van der Waals surface area contributed by atoms with Crippen LogP contribution < -0.4 is 15.1 Å². The van der Waals surface area contributed by atoms with Crippen molar-refractivity contribution in [3.05, 3.63) is 30.1 Å². The van der Waals surface area contributed by atoms with E-state index in [4.69, 9.17) is 0 Å². The predicted octanol–water partition coefficient (Wildman–Crippen LogP) is 1.47. The number of aromatic nitrogens is 4. The van der Waals surface area contributed by atoms with E-state index in [2.05, 4.69) is 30.2 Å². The van der Waals surface area contributed by atoms with Gasteiger partial charge in [0.15, 0.2) is 11.6 Å². The van der Waals surface area contributed by atoms with Crippen molar-refractivity contribution in [2.45, 2.75) is 13.8 Å². The van der Waals surface area contributed by atoms with Crippen LogP contribution in [0.4, 0.5) is 22.0 Å². The van der Waals surface area contributed by atoms with Crippen molar-refractivity contribution in [2.75, 3.05) is 47.8 Å². The van der Waals surface area contributed by atoms with Crippen LogP contribution in [-0.2, 0) is 0 Å². The second-order valence-electron chi connectivity index (χ2n) is 5.39. The van der Waals surface area contributed by atoms with Gasteiger partial charge >= 0.3 is 0 Å². The molecule has 122 valence electrons. The number of piperazine rings is 1. The molecule has 3 rings (SSSR count). The van der Waals surface area contributed by atoms with Gasteiger partial charge in [0, 0.05) is 44.5 Å². The highest BCUT2D eigenvalue weighted by Crippen LogP contribution is 2.19. The van der Waals surface area contributed by atoms with Gasteiger partial charge in [-0.1, -0.05) is 0 Å². The summed E-state index contributed by atoms with van der Waals surface area (Å²) in [6.45, 7) is 7.59. The zero-order valence-electron chi connectivity index (χ0n) is 13.3. The number of rotatable bonds is 4. The first-order valence-corrected chi connectivity index (χ1v) is 7.72. The Morgan fingerprint density at radius 2 is 1.91 bits per heavy atom. The summed E-state index contributed by atoms with van der Waals surface area (Å²) in [6, 6.07) is 1.93. The summed E-state index contributed by atoms with van der Waals surface area (Å²) >= 11 is 0. The average Bonchev–Trinajstić information content (AvgIpc) is 2.55. The van der Waals surface area contributed by atoms with Gasteiger partial charge in [0.1, 0.15) is 12.1 Å². The van der Waals surface area contributed by atoms with Crippen molar-refractivity contribution in [1.82, 2.24) is 19.9 Å². The van der Waals surface area contributed by atoms with E-state index >= 15 is 0 Å². The van der Waals surface area contributed by atoms with E-state index in [1.165, 1.54) is 12.5 Å². The minimum Gasteiger partial charge on any atom is -0.370 e. The molecule has 1 fully saturated rings. The lowest BCUT2D eigenvalue weighted by Crippen LogP contribution is -2.47. The third kappa shape index (κ3) is 3.46. The molecule has 2 aromatic rings. The number of anilines is 3. The van der Waals surface area contributed by atoms with Gasteiger partial charge in [-0.15, -0.1) is 0 Å². The number of nitrogens with one attached hydrogen (secondary N) is 1. The van der Waals surface area contributed by atoms with Crippen molar-refractivity contribution in [1.29, 1.82) is 0 Å². The monoisotopic (exact) mass is 317 g/mol. The minimum atomic E-state index is -0.387. The fourth-order valence-electron chi connectivity index (χ4n) is 2.62. The molecule has 1 N–H and O–H groups in total. The number of aryl methyl sites for hydroxylation is 1. The maximum atomic E-state index is 13.8. The van der Waals surface area contributed by atoms with Crippen molar-refractivity contribution < 1.29 is 4.39 Å². The van der Waals surface area contributed by atoms with Crippen molar-refractivity contribution in [2.24, 2.45) is 0 Å². The Balaban J connectivity index is 1.71. The second-order valence-corrected chi connectivity index (χ2v) is 5.39. The first-order chi connectivity index (χ1) is 11.2. The number of hydrogen-bond donors (Lipinski definition) is 1. The predicted molar refractivity (Wildman–Crippen MR) is 87.3 cm³/mol. The normalized spacial score (nSPS) is 14.9. The van der Waals surface area contributed by atoms with E-state index in [0.717, 1.165) is 31.1 Å². The molecular formula is C15H20FN7. The van der Waals surface area contributed by atoms with Crippen molar-refractivity contribution in [3.8, 4) is 0 Å². The summed E-state index contributed by atoms with van der Waals surface area (Å²) in [7, 11) is 0. The van der Waals surface area contributed by atoms with Crippen LogP contribution in [0.1, 0.15) is 12.6 Å². The zero-order valence-corrected chi connectivity index (χ0v) is 13.3. The third-order valence-corrected chi connectivity index (χ3v) is 3.71. The van der Waals surface area contributed by atoms with Crippen LogP contribution in [0.15, 0.2) is 18.6 Å².